The van der Waals surface area contributed by atoms with Crippen molar-refractivity contribution in [3.05, 3.63) is 89.7 Å². The first-order valence-electron chi connectivity index (χ1n) is 7.54. The molecular formula is C20H20NP. The van der Waals surface area contributed by atoms with Gasteiger partial charge in [0.15, 0.2) is 0 Å². The number of hydrogen-bond donors (Lipinski definition) is 0. The number of benzene rings is 2. The molecule has 0 bridgehead atoms. The van der Waals surface area contributed by atoms with Gasteiger partial charge in [0, 0.05) is 18.1 Å². The molecule has 0 unspecified atom stereocenters. The first kappa shape index (κ1) is 14.9. The van der Waals surface area contributed by atoms with Gasteiger partial charge in [-0.25, -0.2) is 0 Å². The summed E-state index contributed by atoms with van der Waals surface area (Å²) in [5.74, 6) is 0. The Bertz CT molecular complexity index is 707. The van der Waals surface area contributed by atoms with E-state index in [0.717, 1.165) is 6.16 Å². The van der Waals surface area contributed by atoms with E-state index in [1.807, 2.05) is 12.3 Å². The lowest BCUT2D eigenvalue weighted by molar-refractivity contribution is 1.17. The summed E-state index contributed by atoms with van der Waals surface area (Å²) in [5, 5.41) is 2.91. The fraction of sp³-hybridized carbons (Fsp3) is 0.150. The SMILES string of the molecule is Cc1ccccc1P(Cc1ccccn1)c1ccccc1C. The van der Waals surface area contributed by atoms with Crippen LogP contribution in [0.3, 0.4) is 0 Å². The van der Waals surface area contributed by atoms with Crippen LogP contribution in [-0.4, -0.2) is 4.98 Å². The van der Waals surface area contributed by atoms with Crippen LogP contribution in [-0.2, 0) is 6.16 Å². The van der Waals surface area contributed by atoms with Crippen LogP contribution in [0.5, 0.6) is 0 Å². The standard InChI is InChI=1S/C20H20NP/c1-16-9-3-5-12-19(16)22(15-18-11-7-8-14-21-18)20-13-6-4-10-17(20)2/h3-14H,15H2,1-2H3. The Morgan fingerprint density at radius 2 is 1.27 bits per heavy atom. The van der Waals surface area contributed by atoms with Crippen LogP contribution >= 0.6 is 7.92 Å². The van der Waals surface area contributed by atoms with E-state index in [-0.39, 0.29) is 0 Å². The van der Waals surface area contributed by atoms with Crippen LogP contribution in [0.4, 0.5) is 0 Å². The van der Waals surface area contributed by atoms with Crippen LogP contribution in [0.15, 0.2) is 72.9 Å². The van der Waals surface area contributed by atoms with E-state index >= 15 is 0 Å². The minimum Gasteiger partial charge on any atom is -0.261 e. The summed E-state index contributed by atoms with van der Waals surface area (Å²) in [7, 11) is -0.431. The Balaban J connectivity index is 2.07. The predicted molar refractivity (Wildman–Crippen MR) is 96.5 cm³/mol. The van der Waals surface area contributed by atoms with Gasteiger partial charge in [0.1, 0.15) is 0 Å². The number of aromatic nitrogens is 1. The molecule has 0 spiro atoms. The van der Waals surface area contributed by atoms with Crippen LogP contribution in [0.1, 0.15) is 16.8 Å². The minimum atomic E-state index is -0.431. The minimum absolute atomic E-state index is 0.431. The van der Waals surface area contributed by atoms with Crippen molar-refractivity contribution in [2.45, 2.75) is 20.0 Å². The first-order valence-corrected chi connectivity index (χ1v) is 9.07. The Labute approximate surface area is 133 Å². The van der Waals surface area contributed by atoms with Gasteiger partial charge in [-0.05, 0) is 55.6 Å². The zero-order chi connectivity index (χ0) is 15.4. The average molecular weight is 305 g/mol. The molecule has 0 fully saturated rings. The second kappa shape index (κ2) is 6.85. The lowest BCUT2D eigenvalue weighted by Crippen LogP contribution is -2.18. The third-order valence-electron chi connectivity index (χ3n) is 3.86. The van der Waals surface area contributed by atoms with Gasteiger partial charge in [-0.15, -0.1) is 0 Å². The summed E-state index contributed by atoms with van der Waals surface area (Å²) in [6.45, 7) is 4.42. The van der Waals surface area contributed by atoms with Gasteiger partial charge in [0.2, 0.25) is 0 Å². The van der Waals surface area contributed by atoms with Crippen molar-refractivity contribution in [1.82, 2.24) is 4.98 Å². The number of aryl methyl sites for hydroxylation is 2. The number of rotatable bonds is 4. The normalized spacial score (nSPS) is 10.9. The van der Waals surface area contributed by atoms with Gasteiger partial charge in [0.25, 0.3) is 0 Å². The lowest BCUT2D eigenvalue weighted by Gasteiger charge is -2.22. The highest BCUT2D eigenvalue weighted by molar-refractivity contribution is 7.72. The van der Waals surface area contributed by atoms with Crippen molar-refractivity contribution in [2.75, 3.05) is 0 Å². The molecule has 0 aliphatic carbocycles. The molecule has 1 heterocycles. The molecule has 1 aromatic heterocycles. The fourth-order valence-corrected chi connectivity index (χ4v) is 5.33. The van der Waals surface area contributed by atoms with E-state index in [0.29, 0.717) is 0 Å². The van der Waals surface area contributed by atoms with Crippen molar-refractivity contribution in [3.8, 4) is 0 Å². The third kappa shape index (κ3) is 3.26. The third-order valence-corrected chi connectivity index (χ3v) is 6.67. The summed E-state index contributed by atoms with van der Waals surface area (Å²) in [6.07, 6.45) is 2.88. The van der Waals surface area contributed by atoms with Gasteiger partial charge < -0.3 is 0 Å². The Kier molecular flexibility index (Phi) is 4.65. The van der Waals surface area contributed by atoms with Crippen LogP contribution in [0.2, 0.25) is 0 Å². The summed E-state index contributed by atoms with van der Waals surface area (Å²) in [4.78, 5) is 4.55. The lowest BCUT2D eigenvalue weighted by atomic mass is 10.2. The zero-order valence-electron chi connectivity index (χ0n) is 13.0. The molecule has 0 atom stereocenters. The van der Waals surface area contributed by atoms with Crippen molar-refractivity contribution < 1.29 is 0 Å². The quantitative estimate of drug-likeness (QED) is 0.654. The number of hydrogen-bond acceptors (Lipinski definition) is 1. The summed E-state index contributed by atoms with van der Waals surface area (Å²) < 4.78 is 0. The van der Waals surface area contributed by atoms with Gasteiger partial charge >= 0.3 is 0 Å². The Morgan fingerprint density at radius 3 is 1.77 bits per heavy atom. The molecule has 3 aromatic rings. The topological polar surface area (TPSA) is 12.9 Å². The van der Waals surface area contributed by atoms with E-state index in [4.69, 9.17) is 0 Å². The Hall–Kier alpha value is -1.98. The first-order chi connectivity index (χ1) is 10.8. The van der Waals surface area contributed by atoms with Crippen LogP contribution < -0.4 is 10.6 Å². The molecule has 0 radical (unpaired) electrons. The van der Waals surface area contributed by atoms with E-state index in [1.54, 1.807) is 0 Å². The Morgan fingerprint density at radius 1 is 0.727 bits per heavy atom. The largest absolute Gasteiger partial charge is 0.261 e. The highest BCUT2D eigenvalue weighted by Crippen LogP contribution is 2.39. The molecule has 2 aromatic carbocycles. The van der Waals surface area contributed by atoms with Crippen molar-refractivity contribution >= 4 is 18.5 Å². The van der Waals surface area contributed by atoms with Crippen molar-refractivity contribution in [3.63, 3.8) is 0 Å². The molecule has 0 saturated heterocycles. The molecule has 0 saturated carbocycles. The number of pyridine rings is 1. The molecule has 0 aliphatic rings. The second-order valence-electron chi connectivity index (χ2n) is 5.48. The van der Waals surface area contributed by atoms with Gasteiger partial charge in [-0.3, -0.25) is 4.98 Å². The monoisotopic (exact) mass is 305 g/mol. The fourth-order valence-electron chi connectivity index (χ4n) is 2.69. The molecule has 0 aliphatic heterocycles. The number of nitrogens with zero attached hydrogens (tertiary/aromatic N) is 1. The predicted octanol–water partition coefficient (Wildman–Crippen LogP) is 4.33. The molecule has 2 heteroatoms. The smallest absolute Gasteiger partial charge is 0.0452 e. The second-order valence-corrected chi connectivity index (χ2v) is 7.62. The molecule has 0 N–H and O–H groups in total. The maximum absolute atomic E-state index is 4.55. The van der Waals surface area contributed by atoms with E-state index in [2.05, 4.69) is 79.5 Å². The van der Waals surface area contributed by atoms with Gasteiger partial charge in [-0.1, -0.05) is 54.6 Å². The van der Waals surface area contributed by atoms with Gasteiger partial charge in [0.05, 0.1) is 0 Å². The van der Waals surface area contributed by atoms with Crippen LogP contribution in [0.25, 0.3) is 0 Å². The molecule has 3 rings (SSSR count). The van der Waals surface area contributed by atoms with E-state index in [9.17, 15) is 0 Å². The maximum Gasteiger partial charge on any atom is 0.0452 e. The molecule has 1 nitrogen and oxygen atoms in total. The van der Waals surface area contributed by atoms with Gasteiger partial charge in [-0.2, -0.15) is 0 Å². The summed E-state index contributed by atoms with van der Waals surface area (Å²) >= 11 is 0. The molecular weight excluding hydrogens is 285 g/mol. The molecule has 0 amide bonds. The van der Waals surface area contributed by atoms with E-state index in [1.165, 1.54) is 27.4 Å². The average Bonchev–Trinajstić information content (AvgIpc) is 2.55. The van der Waals surface area contributed by atoms with Crippen molar-refractivity contribution in [2.24, 2.45) is 0 Å². The maximum atomic E-state index is 4.55. The summed E-state index contributed by atoms with van der Waals surface area (Å²) in [5.41, 5.74) is 3.90. The highest BCUT2D eigenvalue weighted by atomic mass is 31.1. The zero-order valence-corrected chi connectivity index (χ0v) is 13.9. The van der Waals surface area contributed by atoms with Crippen molar-refractivity contribution in [1.29, 1.82) is 0 Å². The molecule has 22 heavy (non-hydrogen) atoms. The molecule has 110 valence electrons. The highest BCUT2D eigenvalue weighted by Gasteiger charge is 2.18. The van der Waals surface area contributed by atoms with E-state index < -0.39 is 7.92 Å². The summed E-state index contributed by atoms with van der Waals surface area (Å²) in [6, 6.07) is 23.7. The van der Waals surface area contributed by atoms with Crippen LogP contribution in [0, 0.1) is 13.8 Å².